The van der Waals surface area contributed by atoms with Gasteiger partial charge in [0.05, 0.1) is 12.0 Å². The number of carbonyl (C=O) groups is 3. The topological polar surface area (TPSA) is 137 Å². The van der Waals surface area contributed by atoms with Crippen LogP contribution in [0.25, 0.3) is 0 Å². The van der Waals surface area contributed by atoms with Crippen LogP contribution in [-0.2, 0) is 30.3 Å². The molecular weight excluding hydrogens is 394 g/mol. The number of nitrogens with one attached hydrogen (secondary N) is 2. The molecule has 0 bridgehead atoms. The number of hydrogen-bond donors (Lipinski definition) is 2. The SMILES string of the molecule is COC(=O)C(Cc1ccccc1)NC(=O)COCC(=O)Nc1ccc([N+](=O)[O-])cc1. The van der Waals surface area contributed by atoms with E-state index in [1.807, 2.05) is 30.3 Å². The van der Waals surface area contributed by atoms with Gasteiger partial charge in [-0.05, 0) is 17.7 Å². The van der Waals surface area contributed by atoms with E-state index in [9.17, 15) is 24.5 Å². The van der Waals surface area contributed by atoms with E-state index in [4.69, 9.17) is 9.47 Å². The summed E-state index contributed by atoms with van der Waals surface area (Å²) in [7, 11) is 1.23. The first kappa shape index (κ1) is 22.5. The molecule has 1 atom stereocenters. The molecule has 0 spiro atoms. The third-order valence-electron chi connectivity index (χ3n) is 3.93. The summed E-state index contributed by atoms with van der Waals surface area (Å²) >= 11 is 0. The number of nitro benzene ring substituents is 1. The zero-order valence-corrected chi connectivity index (χ0v) is 16.2. The molecule has 0 aliphatic rings. The third kappa shape index (κ3) is 7.32. The Hall–Kier alpha value is -3.79. The summed E-state index contributed by atoms with van der Waals surface area (Å²) < 4.78 is 9.79. The smallest absolute Gasteiger partial charge is 0.328 e. The molecule has 0 heterocycles. The van der Waals surface area contributed by atoms with Crippen molar-refractivity contribution in [3.05, 3.63) is 70.3 Å². The van der Waals surface area contributed by atoms with E-state index < -0.39 is 42.0 Å². The largest absolute Gasteiger partial charge is 0.467 e. The van der Waals surface area contributed by atoms with E-state index in [-0.39, 0.29) is 12.1 Å². The van der Waals surface area contributed by atoms with Crippen molar-refractivity contribution in [2.75, 3.05) is 25.6 Å². The Balaban J connectivity index is 1.78. The number of ether oxygens (including phenoxy) is 2. The van der Waals surface area contributed by atoms with Gasteiger partial charge in [-0.15, -0.1) is 0 Å². The highest BCUT2D eigenvalue weighted by atomic mass is 16.6. The lowest BCUT2D eigenvalue weighted by Gasteiger charge is -2.16. The monoisotopic (exact) mass is 415 g/mol. The van der Waals surface area contributed by atoms with Gasteiger partial charge in [0.15, 0.2) is 0 Å². The van der Waals surface area contributed by atoms with E-state index in [0.717, 1.165) is 5.56 Å². The van der Waals surface area contributed by atoms with Crippen LogP contribution in [0.5, 0.6) is 0 Å². The predicted molar refractivity (Wildman–Crippen MR) is 107 cm³/mol. The van der Waals surface area contributed by atoms with Gasteiger partial charge >= 0.3 is 5.97 Å². The van der Waals surface area contributed by atoms with Gasteiger partial charge in [0, 0.05) is 24.2 Å². The summed E-state index contributed by atoms with van der Waals surface area (Å²) in [6.45, 7) is -0.845. The summed E-state index contributed by atoms with van der Waals surface area (Å²) in [4.78, 5) is 45.9. The van der Waals surface area contributed by atoms with Gasteiger partial charge < -0.3 is 20.1 Å². The van der Waals surface area contributed by atoms with Gasteiger partial charge in [-0.2, -0.15) is 0 Å². The molecule has 2 aromatic carbocycles. The first-order valence-corrected chi connectivity index (χ1v) is 8.92. The zero-order chi connectivity index (χ0) is 21.9. The van der Waals surface area contributed by atoms with Crippen LogP contribution >= 0.6 is 0 Å². The summed E-state index contributed by atoms with van der Waals surface area (Å²) in [5.74, 6) is -1.71. The molecular formula is C20H21N3O7. The van der Waals surface area contributed by atoms with Gasteiger partial charge in [-0.1, -0.05) is 30.3 Å². The molecule has 0 fully saturated rings. The van der Waals surface area contributed by atoms with Crippen LogP contribution in [0, 0.1) is 10.1 Å². The standard InChI is InChI=1S/C20H21N3O7/c1-29-20(26)17(11-14-5-3-2-4-6-14)22-19(25)13-30-12-18(24)21-15-7-9-16(10-8-15)23(27)28/h2-10,17H,11-13H2,1H3,(H,21,24)(H,22,25). The highest BCUT2D eigenvalue weighted by Gasteiger charge is 2.22. The lowest BCUT2D eigenvalue weighted by atomic mass is 10.1. The first-order valence-electron chi connectivity index (χ1n) is 8.92. The molecule has 2 N–H and O–H groups in total. The molecule has 0 saturated carbocycles. The average Bonchev–Trinajstić information content (AvgIpc) is 2.73. The Kier molecular flexibility index (Phi) is 8.45. The van der Waals surface area contributed by atoms with Crippen LogP contribution in [-0.4, -0.2) is 49.1 Å². The molecule has 0 saturated heterocycles. The second-order valence-electron chi connectivity index (χ2n) is 6.18. The number of amides is 2. The molecule has 0 aliphatic carbocycles. The van der Waals surface area contributed by atoms with Crippen molar-refractivity contribution in [1.29, 1.82) is 0 Å². The molecule has 2 aromatic rings. The fraction of sp³-hybridized carbons (Fsp3) is 0.250. The highest BCUT2D eigenvalue weighted by Crippen LogP contribution is 2.15. The number of anilines is 1. The Labute approximate surface area is 172 Å². The van der Waals surface area contributed by atoms with E-state index in [1.54, 1.807) is 0 Å². The summed E-state index contributed by atoms with van der Waals surface area (Å²) in [6.07, 6.45) is 0.250. The molecule has 0 aromatic heterocycles. The van der Waals surface area contributed by atoms with Gasteiger partial charge in [0.1, 0.15) is 19.3 Å². The van der Waals surface area contributed by atoms with Crippen molar-refractivity contribution in [1.82, 2.24) is 5.32 Å². The van der Waals surface area contributed by atoms with Crippen molar-refractivity contribution in [3.8, 4) is 0 Å². The van der Waals surface area contributed by atoms with Gasteiger partial charge in [-0.25, -0.2) is 4.79 Å². The maximum absolute atomic E-state index is 12.1. The minimum atomic E-state index is -0.887. The number of methoxy groups -OCH3 is 1. The van der Waals surface area contributed by atoms with Crippen molar-refractivity contribution in [3.63, 3.8) is 0 Å². The second-order valence-corrected chi connectivity index (χ2v) is 6.18. The minimum Gasteiger partial charge on any atom is -0.467 e. The average molecular weight is 415 g/mol. The van der Waals surface area contributed by atoms with Crippen LogP contribution < -0.4 is 10.6 Å². The maximum atomic E-state index is 12.1. The molecule has 2 amide bonds. The van der Waals surface area contributed by atoms with Crippen LogP contribution in [0.3, 0.4) is 0 Å². The normalized spacial score (nSPS) is 11.2. The van der Waals surface area contributed by atoms with Crippen LogP contribution in [0.1, 0.15) is 5.56 Å². The van der Waals surface area contributed by atoms with E-state index in [1.165, 1.54) is 31.4 Å². The minimum absolute atomic E-state index is 0.100. The number of carbonyl (C=O) groups excluding carboxylic acids is 3. The molecule has 158 valence electrons. The lowest BCUT2D eigenvalue weighted by molar-refractivity contribution is -0.384. The Bertz CT molecular complexity index is 885. The molecule has 10 heteroatoms. The third-order valence-corrected chi connectivity index (χ3v) is 3.93. The number of nitro groups is 1. The molecule has 10 nitrogen and oxygen atoms in total. The van der Waals surface area contributed by atoms with Gasteiger partial charge in [-0.3, -0.25) is 19.7 Å². The Morgan fingerprint density at radius 3 is 2.23 bits per heavy atom. The number of non-ortho nitro benzene ring substituents is 1. The van der Waals surface area contributed by atoms with Crippen molar-refractivity contribution in [2.45, 2.75) is 12.5 Å². The van der Waals surface area contributed by atoms with Crippen LogP contribution in [0.2, 0.25) is 0 Å². The van der Waals surface area contributed by atoms with Crippen molar-refractivity contribution < 1.29 is 28.8 Å². The molecule has 0 aliphatic heterocycles. The van der Waals surface area contributed by atoms with Crippen molar-refractivity contribution in [2.24, 2.45) is 0 Å². The highest BCUT2D eigenvalue weighted by molar-refractivity contribution is 5.92. The predicted octanol–water partition coefficient (Wildman–Crippen LogP) is 1.45. The fourth-order valence-electron chi connectivity index (χ4n) is 2.52. The number of rotatable bonds is 10. The number of benzene rings is 2. The number of nitrogens with zero attached hydrogens (tertiary/aromatic N) is 1. The number of hydrogen-bond acceptors (Lipinski definition) is 7. The quantitative estimate of drug-likeness (QED) is 0.340. The molecule has 2 rings (SSSR count). The fourth-order valence-corrected chi connectivity index (χ4v) is 2.52. The van der Waals surface area contributed by atoms with Crippen LogP contribution in [0.4, 0.5) is 11.4 Å². The van der Waals surface area contributed by atoms with Gasteiger partial charge in [0.2, 0.25) is 11.8 Å². The van der Waals surface area contributed by atoms with Crippen molar-refractivity contribution >= 4 is 29.2 Å². The summed E-state index contributed by atoms with van der Waals surface area (Å²) in [5.41, 5.74) is 1.10. The first-order chi connectivity index (χ1) is 14.4. The summed E-state index contributed by atoms with van der Waals surface area (Å²) in [5, 5.41) is 15.6. The number of esters is 1. The Morgan fingerprint density at radius 2 is 1.63 bits per heavy atom. The van der Waals surface area contributed by atoms with Gasteiger partial charge in [0.25, 0.3) is 5.69 Å². The molecule has 0 radical (unpaired) electrons. The second kappa shape index (κ2) is 11.3. The van der Waals surface area contributed by atoms with E-state index >= 15 is 0 Å². The van der Waals surface area contributed by atoms with Crippen LogP contribution in [0.15, 0.2) is 54.6 Å². The lowest BCUT2D eigenvalue weighted by Crippen LogP contribution is -2.44. The zero-order valence-electron chi connectivity index (χ0n) is 16.2. The van der Waals surface area contributed by atoms with E-state index in [2.05, 4.69) is 10.6 Å². The summed E-state index contributed by atoms with van der Waals surface area (Å²) in [6, 6.07) is 13.5. The van der Waals surface area contributed by atoms with E-state index in [0.29, 0.717) is 5.69 Å². The molecule has 30 heavy (non-hydrogen) atoms. The Morgan fingerprint density at radius 1 is 1.00 bits per heavy atom. The molecule has 1 unspecified atom stereocenters. The maximum Gasteiger partial charge on any atom is 0.328 e.